The maximum absolute atomic E-state index is 4.79. The number of rotatable bonds is 9. The second-order valence-electron chi connectivity index (χ2n) is 6.03. The fraction of sp³-hybridized carbons (Fsp3) is 0.812. The third-order valence-corrected chi connectivity index (χ3v) is 4.05. The van der Waals surface area contributed by atoms with E-state index in [1.165, 1.54) is 18.5 Å². The van der Waals surface area contributed by atoms with E-state index in [4.69, 9.17) is 5.10 Å². The molecule has 1 unspecified atom stereocenters. The summed E-state index contributed by atoms with van der Waals surface area (Å²) in [6.45, 7) is 10.1. The van der Waals surface area contributed by atoms with Crippen LogP contribution in [0.3, 0.4) is 0 Å². The van der Waals surface area contributed by atoms with Gasteiger partial charge in [0.05, 0.1) is 11.7 Å². The molecule has 0 aliphatic heterocycles. The van der Waals surface area contributed by atoms with Gasteiger partial charge in [0, 0.05) is 12.7 Å². The van der Waals surface area contributed by atoms with Crippen LogP contribution >= 0.6 is 0 Å². The topological polar surface area (TPSA) is 29.9 Å². The minimum atomic E-state index is 0.316. The highest BCUT2D eigenvalue weighted by Crippen LogP contribution is 2.27. The van der Waals surface area contributed by atoms with Crippen LogP contribution in [0.25, 0.3) is 0 Å². The molecule has 0 saturated heterocycles. The predicted octanol–water partition coefficient (Wildman–Crippen LogP) is 3.81. The Labute approximate surface area is 118 Å². The number of nitrogens with one attached hydrogen (secondary N) is 1. The summed E-state index contributed by atoms with van der Waals surface area (Å²) in [4.78, 5) is 0. The highest BCUT2D eigenvalue weighted by atomic mass is 15.3. The molecule has 1 atom stereocenters. The average Bonchev–Trinajstić information content (AvgIpc) is 2.79. The molecule has 0 aliphatic carbocycles. The third-order valence-electron chi connectivity index (χ3n) is 4.05. The van der Waals surface area contributed by atoms with Crippen LogP contribution in [0.1, 0.15) is 65.1 Å². The Hall–Kier alpha value is -0.830. The molecule has 0 bridgehead atoms. The van der Waals surface area contributed by atoms with E-state index >= 15 is 0 Å². The summed E-state index contributed by atoms with van der Waals surface area (Å²) < 4.78 is 2.15. The van der Waals surface area contributed by atoms with Crippen LogP contribution in [0.5, 0.6) is 0 Å². The van der Waals surface area contributed by atoms with E-state index in [1.54, 1.807) is 0 Å². The molecule has 1 aromatic rings. The Morgan fingerprint density at radius 1 is 1.32 bits per heavy atom. The average molecular weight is 265 g/mol. The van der Waals surface area contributed by atoms with E-state index in [0.717, 1.165) is 25.8 Å². The molecule has 0 spiro atoms. The second kappa shape index (κ2) is 7.68. The van der Waals surface area contributed by atoms with E-state index in [2.05, 4.69) is 50.0 Å². The van der Waals surface area contributed by atoms with Crippen molar-refractivity contribution in [2.24, 2.45) is 5.41 Å². The van der Waals surface area contributed by atoms with Gasteiger partial charge in [0.2, 0.25) is 0 Å². The summed E-state index contributed by atoms with van der Waals surface area (Å²) in [5.41, 5.74) is 1.55. The van der Waals surface area contributed by atoms with E-state index in [-0.39, 0.29) is 0 Å². The fourth-order valence-corrected chi connectivity index (χ4v) is 3.04. The standard InChI is InChI=1S/C16H31N3/c1-6-10-16(4,13-17-5)12-14-9-11-19(18-14)15(7-2)8-3/h9,11,15,17H,6-8,10,12-13H2,1-5H3. The van der Waals surface area contributed by atoms with Crippen LogP contribution < -0.4 is 5.32 Å². The Morgan fingerprint density at radius 3 is 2.53 bits per heavy atom. The molecule has 0 aromatic carbocycles. The van der Waals surface area contributed by atoms with Crippen LogP contribution in [-0.2, 0) is 6.42 Å². The highest BCUT2D eigenvalue weighted by Gasteiger charge is 2.24. The Morgan fingerprint density at radius 2 is 2.00 bits per heavy atom. The Bertz CT molecular complexity index is 347. The van der Waals surface area contributed by atoms with Gasteiger partial charge >= 0.3 is 0 Å². The highest BCUT2D eigenvalue weighted by molar-refractivity contribution is 5.04. The molecule has 1 N–H and O–H groups in total. The molecule has 0 radical (unpaired) electrons. The number of hydrogen-bond acceptors (Lipinski definition) is 2. The van der Waals surface area contributed by atoms with Gasteiger partial charge in [-0.05, 0) is 44.2 Å². The monoisotopic (exact) mass is 265 g/mol. The first-order chi connectivity index (χ1) is 9.08. The molecule has 0 saturated carbocycles. The summed E-state index contributed by atoms with van der Waals surface area (Å²) in [7, 11) is 2.04. The van der Waals surface area contributed by atoms with E-state index in [9.17, 15) is 0 Å². The lowest BCUT2D eigenvalue weighted by molar-refractivity contribution is 0.278. The fourth-order valence-electron chi connectivity index (χ4n) is 3.04. The molecule has 0 fully saturated rings. The molecule has 1 heterocycles. The lowest BCUT2D eigenvalue weighted by atomic mass is 9.81. The first-order valence-corrected chi connectivity index (χ1v) is 7.77. The van der Waals surface area contributed by atoms with Crippen LogP contribution in [0, 0.1) is 5.41 Å². The van der Waals surface area contributed by atoms with Crippen LogP contribution in [0.4, 0.5) is 0 Å². The van der Waals surface area contributed by atoms with Crippen molar-refractivity contribution in [2.75, 3.05) is 13.6 Å². The zero-order valence-corrected chi connectivity index (χ0v) is 13.4. The zero-order chi connectivity index (χ0) is 14.3. The van der Waals surface area contributed by atoms with E-state index < -0.39 is 0 Å². The van der Waals surface area contributed by atoms with Crippen molar-refractivity contribution in [1.29, 1.82) is 0 Å². The van der Waals surface area contributed by atoms with Crippen molar-refractivity contribution >= 4 is 0 Å². The maximum atomic E-state index is 4.79. The summed E-state index contributed by atoms with van der Waals surface area (Å²) >= 11 is 0. The van der Waals surface area contributed by atoms with Gasteiger partial charge in [0.15, 0.2) is 0 Å². The van der Waals surface area contributed by atoms with Gasteiger partial charge < -0.3 is 5.32 Å². The summed E-state index contributed by atoms with van der Waals surface area (Å²) in [6.07, 6.45) is 7.99. The van der Waals surface area contributed by atoms with Gasteiger partial charge in [0.1, 0.15) is 0 Å². The van der Waals surface area contributed by atoms with Crippen LogP contribution in [-0.4, -0.2) is 23.4 Å². The molecule has 3 nitrogen and oxygen atoms in total. The van der Waals surface area contributed by atoms with Gasteiger partial charge in [-0.1, -0.05) is 34.1 Å². The van der Waals surface area contributed by atoms with Gasteiger partial charge in [-0.15, -0.1) is 0 Å². The minimum absolute atomic E-state index is 0.316. The normalized spacial score (nSPS) is 14.8. The van der Waals surface area contributed by atoms with Crippen molar-refractivity contribution < 1.29 is 0 Å². The largest absolute Gasteiger partial charge is 0.319 e. The zero-order valence-electron chi connectivity index (χ0n) is 13.4. The first-order valence-electron chi connectivity index (χ1n) is 7.77. The van der Waals surface area contributed by atoms with Crippen molar-refractivity contribution in [3.63, 3.8) is 0 Å². The van der Waals surface area contributed by atoms with Gasteiger partial charge in [-0.3, -0.25) is 4.68 Å². The van der Waals surface area contributed by atoms with E-state index in [0.29, 0.717) is 11.5 Å². The lowest BCUT2D eigenvalue weighted by Crippen LogP contribution is -2.32. The molecule has 1 rings (SSSR count). The molecule has 3 heteroatoms. The van der Waals surface area contributed by atoms with E-state index in [1.807, 2.05) is 7.05 Å². The van der Waals surface area contributed by atoms with Crippen molar-refractivity contribution in [3.05, 3.63) is 18.0 Å². The van der Waals surface area contributed by atoms with Crippen LogP contribution in [0.2, 0.25) is 0 Å². The summed E-state index contributed by atoms with van der Waals surface area (Å²) in [5.74, 6) is 0. The lowest BCUT2D eigenvalue weighted by Gasteiger charge is -2.28. The maximum Gasteiger partial charge on any atom is 0.0630 e. The molecule has 19 heavy (non-hydrogen) atoms. The molecule has 110 valence electrons. The Balaban J connectivity index is 2.75. The van der Waals surface area contributed by atoms with Crippen molar-refractivity contribution in [2.45, 2.75) is 65.8 Å². The quantitative estimate of drug-likeness (QED) is 0.736. The molecular weight excluding hydrogens is 234 g/mol. The number of aromatic nitrogens is 2. The minimum Gasteiger partial charge on any atom is -0.319 e. The molecule has 0 amide bonds. The Kier molecular flexibility index (Phi) is 6.56. The van der Waals surface area contributed by atoms with Crippen molar-refractivity contribution in [3.8, 4) is 0 Å². The summed E-state index contributed by atoms with van der Waals surface area (Å²) in [5, 5.41) is 8.12. The van der Waals surface area contributed by atoms with Crippen molar-refractivity contribution in [1.82, 2.24) is 15.1 Å². The van der Waals surface area contributed by atoms with Crippen LogP contribution in [0.15, 0.2) is 12.3 Å². The van der Waals surface area contributed by atoms with Gasteiger partial charge in [0.25, 0.3) is 0 Å². The smallest absolute Gasteiger partial charge is 0.0630 e. The SMILES string of the molecule is CCCC(C)(CNC)Cc1ccn(C(CC)CC)n1. The predicted molar refractivity (Wildman–Crippen MR) is 82.5 cm³/mol. The van der Waals surface area contributed by atoms with Gasteiger partial charge in [-0.2, -0.15) is 5.10 Å². The third kappa shape index (κ3) is 4.64. The molecule has 1 aromatic heterocycles. The molecule has 0 aliphatic rings. The molecular formula is C16H31N3. The first kappa shape index (κ1) is 16.2. The second-order valence-corrected chi connectivity index (χ2v) is 6.03. The number of hydrogen-bond donors (Lipinski definition) is 1. The van der Waals surface area contributed by atoms with Gasteiger partial charge in [-0.25, -0.2) is 0 Å². The summed E-state index contributed by atoms with van der Waals surface area (Å²) in [6, 6.07) is 2.75. The number of nitrogens with zero attached hydrogens (tertiary/aromatic N) is 2.